The van der Waals surface area contributed by atoms with Gasteiger partial charge in [0.2, 0.25) is 27.7 Å². The number of carbonyl (C=O) groups excluding carboxylic acids is 3. The second-order valence-corrected chi connectivity index (χ2v) is 16.3. The summed E-state index contributed by atoms with van der Waals surface area (Å²) in [4.78, 5) is 62.6. The van der Waals surface area contributed by atoms with Gasteiger partial charge < -0.3 is 25.4 Å². The lowest BCUT2D eigenvalue weighted by molar-refractivity contribution is -0.141. The minimum absolute atomic E-state index is 0.0224. The Balaban J connectivity index is 1.34. The number of fused-ring (bicyclic) bond motifs is 3. The topological polar surface area (TPSA) is 197 Å². The van der Waals surface area contributed by atoms with Gasteiger partial charge in [0.1, 0.15) is 29.5 Å². The smallest absolute Gasteiger partial charge is 0.405 e. The van der Waals surface area contributed by atoms with Crippen LogP contribution >= 0.6 is 0 Å². The number of carboxylic acid groups (broad SMARTS) is 1. The molecule has 1 aromatic carbocycles. The minimum atomic E-state index is -4.07. The van der Waals surface area contributed by atoms with E-state index in [1.807, 2.05) is 6.08 Å². The zero-order valence-corrected chi connectivity index (χ0v) is 28.8. The van der Waals surface area contributed by atoms with Gasteiger partial charge in [-0.05, 0) is 57.6 Å². The molecule has 1 saturated heterocycles. The van der Waals surface area contributed by atoms with Crippen molar-refractivity contribution in [2.24, 2.45) is 5.92 Å². The predicted octanol–water partition coefficient (Wildman–Crippen LogP) is 3.26. The van der Waals surface area contributed by atoms with Crippen molar-refractivity contribution in [2.75, 3.05) is 6.54 Å². The molecule has 1 aromatic heterocycles. The van der Waals surface area contributed by atoms with Crippen molar-refractivity contribution in [1.82, 2.24) is 30.2 Å². The summed E-state index contributed by atoms with van der Waals surface area (Å²) in [5.74, 6) is -8.03. The van der Waals surface area contributed by atoms with Crippen LogP contribution in [0.2, 0.25) is 0 Å². The Morgan fingerprint density at radius 3 is 2.57 bits per heavy atom. The number of halogens is 3. The van der Waals surface area contributed by atoms with E-state index in [2.05, 4.69) is 25.3 Å². The minimum Gasteiger partial charge on any atom is -0.471 e. The Bertz CT molecular complexity index is 1900. The van der Waals surface area contributed by atoms with Gasteiger partial charge in [0.15, 0.2) is 5.69 Å². The van der Waals surface area contributed by atoms with Gasteiger partial charge in [0, 0.05) is 25.3 Å². The standard InChI is InChI=1S/C33H39F3N6O8S/c1-31(12-13-31)51(48,49)41-29(45)33-16-18(33)8-6-4-3-5-7-9-22(39-30(46)47)28(44)42-17-20(15-24(42)26(43)40-33)50-27-25(32(2,35)36)37-21-11-10-19(34)14-23(21)38-27/h6,8,10-11,14,18,20,22,24,39H,3-5,7,9,12-13,15-17H2,1-2H3,(H,40,43)(H,41,45)(H,46,47)/b8-6-/t18-,20-,22+,24+,33-/m1/s1. The van der Waals surface area contributed by atoms with Crippen LogP contribution in [-0.2, 0) is 30.3 Å². The van der Waals surface area contributed by atoms with E-state index in [0.29, 0.717) is 45.4 Å². The predicted molar refractivity (Wildman–Crippen MR) is 174 cm³/mol. The molecule has 2 aliphatic carbocycles. The van der Waals surface area contributed by atoms with E-state index < -0.39 is 91.5 Å². The highest BCUT2D eigenvalue weighted by atomic mass is 32.2. The molecule has 2 saturated carbocycles. The summed E-state index contributed by atoms with van der Waals surface area (Å²) < 4.78 is 76.5. The molecule has 14 nitrogen and oxygen atoms in total. The fourth-order valence-electron chi connectivity index (χ4n) is 6.63. The maximum Gasteiger partial charge on any atom is 0.405 e. The zero-order chi connectivity index (χ0) is 36.9. The lowest BCUT2D eigenvalue weighted by atomic mass is 10.1. The van der Waals surface area contributed by atoms with Crippen LogP contribution in [0.4, 0.5) is 18.0 Å². The van der Waals surface area contributed by atoms with Crippen LogP contribution in [0, 0.1) is 11.7 Å². The van der Waals surface area contributed by atoms with Crippen molar-refractivity contribution in [3.8, 4) is 5.88 Å². The number of rotatable bonds is 7. The van der Waals surface area contributed by atoms with Crippen LogP contribution in [-0.4, -0.2) is 87.2 Å². The summed E-state index contributed by atoms with van der Waals surface area (Å²) >= 11 is 0. The number of benzene rings is 1. The zero-order valence-electron chi connectivity index (χ0n) is 28.0. The molecule has 4 aliphatic rings. The summed E-state index contributed by atoms with van der Waals surface area (Å²) in [6.45, 7) is 1.72. The Morgan fingerprint density at radius 2 is 1.88 bits per heavy atom. The van der Waals surface area contributed by atoms with E-state index >= 15 is 0 Å². The van der Waals surface area contributed by atoms with Crippen LogP contribution in [0.3, 0.4) is 0 Å². The van der Waals surface area contributed by atoms with Crippen molar-refractivity contribution < 1.29 is 50.6 Å². The molecule has 0 radical (unpaired) electrons. The molecular weight excluding hydrogens is 697 g/mol. The normalized spacial score (nSPS) is 28.7. The highest BCUT2D eigenvalue weighted by Gasteiger charge is 2.63. The monoisotopic (exact) mass is 736 g/mol. The van der Waals surface area contributed by atoms with Crippen LogP contribution in [0.1, 0.15) is 77.3 Å². The van der Waals surface area contributed by atoms with Crippen molar-refractivity contribution in [3.05, 3.63) is 41.9 Å². The largest absolute Gasteiger partial charge is 0.471 e. The molecule has 51 heavy (non-hydrogen) atoms. The number of carbonyl (C=O) groups is 4. The molecule has 0 unspecified atom stereocenters. The molecule has 3 fully saturated rings. The number of hydrogen-bond donors (Lipinski definition) is 4. The van der Waals surface area contributed by atoms with Gasteiger partial charge in [-0.15, -0.1) is 0 Å². The summed E-state index contributed by atoms with van der Waals surface area (Å²) in [5, 5.41) is 14.4. The Kier molecular flexibility index (Phi) is 9.43. The quantitative estimate of drug-likeness (QED) is 0.306. The Morgan fingerprint density at radius 1 is 1.14 bits per heavy atom. The number of nitrogens with one attached hydrogen (secondary N) is 3. The molecule has 6 rings (SSSR count). The molecule has 3 heterocycles. The molecule has 18 heteroatoms. The average Bonchev–Trinajstić information content (AvgIpc) is 3.92. The number of allylic oxidation sites excluding steroid dienone is 1. The number of amides is 4. The van der Waals surface area contributed by atoms with Gasteiger partial charge in [-0.1, -0.05) is 25.0 Å². The number of hydrogen-bond acceptors (Lipinski definition) is 9. The van der Waals surface area contributed by atoms with Gasteiger partial charge >= 0.3 is 6.09 Å². The average molecular weight is 737 g/mol. The fraction of sp³-hybridized carbons (Fsp3) is 0.576. The van der Waals surface area contributed by atoms with E-state index in [0.717, 1.165) is 17.0 Å². The second kappa shape index (κ2) is 13.2. The molecule has 0 spiro atoms. The van der Waals surface area contributed by atoms with Crippen LogP contribution < -0.4 is 20.1 Å². The summed E-state index contributed by atoms with van der Waals surface area (Å²) in [6.07, 6.45) is 3.93. The van der Waals surface area contributed by atoms with E-state index in [1.54, 1.807) is 6.08 Å². The number of alkyl halides is 2. The second-order valence-electron chi connectivity index (χ2n) is 14.1. The third-order valence-electron chi connectivity index (χ3n) is 10.1. The molecule has 0 bridgehead atoms. The van der Waals surface area contributed by atoms with Crippen LogP contribution in [0.25, 0.3) is 11.0 Å². The molecule has 4 N–H and O–H groups in total. The van der Waals surface area contributed by atoms with Gasteiger partial charge in [-0.2, -0.15) is 8.78 Å². The van der Waals surface area contributed by atoms with Gasteiger partial charge in [0.05, 0.1) is 22.3 Å². The molecule has 4 amide bonds. The molecule has 5 atom stereocenters. The molecular formula is C33H39F3N6O8S. The molecule has 2 aliphatic heterocycles. The van der Waals surface area contributed by atoms with Gasteiger partial charge in [0.25, 0.3) is 11.8 Å². The van der Waals surface area contributed by atoms with Gasteiger partial charge in [-0.3, -0.25) is 19.1 Å². The number of aromatic nitrogens is 2. The maximum atomic E-state index is 14.8. The van der Waals surface area contributed by atoms with Crippen LogP contribution in [0.5, 0.6) is 5.88 Å². The number of ether oxygens (including phenoxy) is 1. The fourth-order valence-corrected chi connectivity index (χ4v) is 7.94. The molecule has 276 valence electrons. The van der Waals surface area contributed by atoms with Crippen molar-refractivity contribution in [1.29, 1.82) is 0 Å². The highest BCUT2D eigenvalue weighted by molar-refractivity contribution is 7.91. The van der Waals surface area contributed by atoms with Gasteiger partial charge in [-0.25, -0.2) is 27.6 Å². The summed E-state index contributed by atoms with van der Waals surface area (Å²) in [7, 11) is -4.07. The maximum absolute atomic E-state index is 14.8. The Hall–Kier alpha value is -4.48. The Labute approximate surface area is 291 Å². The summed E-state index contributed by atoms with van der Waals surface area (Å²) in [6, 6.07) is 0.544. The van der Waals surface area contributed by atoms with E-state index in [4.69, 9.17) is 4.74 Å². The van der Waals surface area contributed by atoms with Crippen molar-refractivity contribution in [3.63, 3.8) is 0 Å². The van der Waals surface area contributed by atoms with Crippen LogP contribution in [0.15, 0.2) is 30.4 Å². The summed E-state index contributed by atoms with van der Waals surface area (Å²) in [5.41, 5.74) is -2.63. The van der Waals surface area contributed by atoms with E-state index in [9.17, 15) is 45.9 Å². The van der Waals surface area contributed by atoms with Crippen molar-refractivity contribution in [2.45, 2.75) is 106 Å². The highest BCUT2D eigenvalue weighted by Crippen LogP contribution is 2.47. The number of nitrogens with zero attached hydrogens (tertiary/aromatic N) is 3. The molecule has 2 aromatic rings. The number of sulfonamides is 1. The van der Waals surface area contributed by atoms with E-state index in [1.165, 1.54) is 13.0 Å². The lowest BCUT2D eigenvalue weighted by Crippen LogP contribution is -2.58. The lowest BCUT2D eigenvalue weighted by Gasteiger charge is -2.29. The third-order valence-corrected chi connectivity index (χ3v) is 12.2. The first-order valence-corrected chi connectivity index (χ1v) is 18.3. The first-order chi connectivity index (χ1) is 23.9. The van der Waals surface area contributed by atoms with Crippen molar-refractivity contribution >= 4 is 44.9 Å². The first kappa shape index (κ1) is 36.3. The van der Waals surface area contributed by atoms with E-state index in [-0.39, 0.29) is 36.8 Å². The first-order valence-electron chi connectivity index (χ1n) is 16.8. The SMILES string of the molecule is CC(F)(F)c1nc2ccc(F)cc2nc1O[C@@H]1C[C@H]2C(=O)N[C@]3(C(=O)NS(=O)(=O)C4(C)CC4)C[C@H]3/C=C\CCCCC[C@H](NC(=O)O)C(=O)N2C1. The third kappa shape index (κ3) is 7.46.